The van der Waals surface area contributed by atoms with Crippen LogP contribution >= 0.6 is 0 Å². The zero-order valence-corrected chi connectivity index (χ0v) is 15.8. The van der Waals surface area contributed by atoms with Gasteiger partial charge in [-0.05, 0) is 55.8 Å². The van der Waals surface area contributed by atoms with Crippen molar-refractivity contribution in [3.05, 3.63) is 59.5 Å². The van der Waals surface area contributed by atoms with E-state index in [1.165, 1.54) is 37.4 Å². The number of hydrogen-bond acceptors (Lipinski definition) is 6. The van der Waals surface area contributed by atoms with Crippen molar-refractivity contribution in [1.82, 2.24) is 5.16 Å². The zero-order valence-electron chi connectivity index (χ0n) is 15.0. The van der Waals surface area contributed by atoms with Crippen molar-refractivity contribution in [3.63, 3.8) is 0 Å². The van der Waals surface area contributed by atoms with E-state index in [-0.39, 0.29) is 10.6 Å². The van der Waals surface area contributed by atoms with Gasteiger partial charge in [0.1, 0.15) is 16.4 Å². The molecule has 0 radical (unpaired) electrons. The molecule has 0 atom stereocenters. The van der Waals surface area contributed by atoms with E-state index in [1.807, 2.05) is 6.07 Å². The summed E-state index contributed by atoms with van der Waals surface area (Å²) in [7, 11) is -2.52. The largest absolute Gasteiger partial charge is 0.495 e. The lowest BCUT2D eigenvalue weighted by molar-refractivity contribution is 0.393. The summed E-state index contributed by atoms with van der Waals surface area (Å²) in [6, 6.07) is 13.0. The molecule has 8 heteroatoms. The molecule has 0 aliphatic rings. The average Bonchev–Trinajstić information content (AvgIpc) is 3.00. The van der Waals surface area contributed by atoms with Gasteiger partial charge in [0, 0.05) is 11.3 Å². The van der Waals surface area contributed by atoms with Crippen molar-refractivity contribution in [3.8, 4) is 22.9 Å². The van der Waals surface area contributed by atoms with Crippen molar-refractivity contribution in [1.29, 1.82) is 5.26 Å². The molecule has 0 amide bonds. The Morgan fingerprint density at radius 3 is 2.41 bits per heavy atom. The lowest BCUT2D eigenvalue weighted by Gasteiger charge is -2.13. The molecule has 0 bridgehead atoms. The number of nitrogens with one attached hydrogen (secondary N) is 1. The second-order valence-corrected chi connectivity index (χ2v) is 7.51. The van der Waals surface area contributed by atoms with Crippen LogP contribution in [0.2, 0.25) is 0 Å². The number of nitrogens with zero attached hydrogens (tertiary/aromatic N) is 2. The predicted molar refractivity (Wildman–Crippen MR) is 99.9 cm³/mol. The van der Waals surface area contributed by atoms with Gasteiger partial charge < -0.3 is 9.26 Å². The Kier molecular flexibility index (Phi) is 4.88. The molecule has 0 fully saturated rings. The van der Waals surface area contributed by atoms with E-state index < -0.39 is 10.0 Å². The summed E-state index contributed by atoms with van der Waals surface area (Å²) in [6.45, 7) is 3.56. The highest BCUT2D eigenvalue weighted by Crippen LogP contribution is 2.33. The molecule has 27 heavy (non-hydrogen) atoms. The van der Waals surface area contributed by atoms with E-state index >= 15 is 0 Å². The maximum absolute atomic E-state index is 12.9. The molecule has 0 saturated heterocycles. The minimum Gasteiger partial charge on any atom is -0.495 e. The number of aromatic nitrogens is 1. The Morgan fingerprint density at radius 1 is 1.15 bits per heavy atom. The number of ether oxygens (including phenoxy) is 1. The molecule has 1 heterocycles. The minimum atomic E-state index is -3.92. The number of rotatable bonds is 5. The fourth-order valence-corrected chi connectivity index (χ4v) is 4.01. The Morgan fingerprint density at radius 2 is 1.85 bits per heavy atom. The third kappa shape index (κ3) is 3.64. The number of benzene rings is 2. The van der Waals surface area contributed by atoms with E-state index in [4.69, 9.17) is 14.5 Å². The second kappa shape index (κ2) is 7.13. The first-order valence-electron chi connectivity index (χ1n) is 8.00. The van der Waals surface area contributed by atoms with Gasteiger partial charge in [-0.1, -0.05) is 11.2 Å². The lowest BCUT2D eigenvalue weighted by atomic mass is 10.0. The van der Waals surface area contributed by atoms with Crippen molar-refractivity contribution in [2.45, 2.75) is 18.7 Å². The fraction of sp³-hybridized carbons (Fsp3) is 0.158. The Bertz CT molecular complexity index is 1110. The first-order chi connectivity index (χ1) is 12.9. The molecular formula is C19H17N3O4S. The van der Waals surface area contributed by atoms with Gasteiger partial charge in [-0.25, -0.2) is 8.42 Å². The lowest BCUT2D eigenvalue weighted by Crippen LogP contribution is -2.14. The molecular weight excluding hydrogens is 366 g/mol. The quantitative estimate of drug-likeness (QED) is 0.721. The number of hydrogen-bond donors (Lipinski definition) is 1. The van der Waals surface area contributed by atoms with E-state index in [1.54, 1.807) is 26.0 Å². The van der Waals surface area contributed by atoms with Crippen LogP contribution in [0, 0.1) is 25.2 Å². The number of nitriles is 1. The van der Waals surface area contributed by atoms with Gasteiger partial charge in [0.05, 0.1) is 24.4 Å². The summed E-state index contributed by atoms with van der Waals surface area (Å²) in [4.78, 5) is -0.00754. The molecule has 0 aliphatic heterocycles. The van der Waals surface area contributed by atoms with Gasteiger partial charge in [0.25, 0.3) is 10.0 Å². The third-order valence-corrected chi connectivity index (χ3v) is 5.44. The topological polar surface area (TPSA) is 105 Å². The normalized spacial score (nSPS) is 11.0. The number of methoxy groups -OCH3 is 1. The highest BCUT2D eigenvalue weighted by molar-refractivity contribution is 7.92. The molecule has 0 unspecified atom stereocenters. The van der Waals surface area contributed by atoms with Crippen molar-refractivity contribution in [2.75, 3.05) is 11.8 Å². The van der Waals surface area contributed by atoms with Crippen LogP contribution in [0.1, 0.15) is 17.0 Å². The molecule has 1 N–H and O–H groups in total. The molecule has 3 aromatic rings. The number of aryl methyl sites for hydroxylation is 2. The molecule has 1 aromatic heterocycles. The number of anilines is 1. The summed E-state index contributed by atoms with van der Waals surface area (Å²) in [5.41, 5.74) is 2.86. The zero-order chi connectivity index (χ0) is 19.6. The van der Waals surface area contributed by atoms with Crippen LogP contribution in [0.15, 0.2) is 51.9 Å². The molecule has 138 valence electrons. The maximum Gasteiger partial charge on any atom is 0.265 e. The van der Waals surface area contributed by atoms with Crippen molar-refractivity contribution < 1.29 is 17.7 Å². The van der Waals surface area contributed by atoms with Crippen molar-refractivity contribution >= 4 is 15.7 Å². The van der Waals surface area contributed by atoms with E-state index in [0.717, 1.165) is 5.56 Å². The SMILES string of the molecule is COc1ccc(-c2c(C)noc2C)cc1S(=O)(=O)Nc1ccc(C#N)cc1. The number of sulfonamides is 1. The molecule has 3 rings (SSSR count). The second-order valence-electron chi connectivity index (χ2n) is 5.86. The first-order valence-corrected chi connectivity index (χ1v) is 9.48. The highest BCUT2D eigenvalue weighted by Gasteiger charge is 2.22. The molecule has 7 nitrogen and oxygen atoms in total. The van der Waals surface area contributed by atoms with Gasteiger partial charge in [0.15, 0.2) is 0 Å². The Hall–Kier alpha value is -3.31. The van der Waals surface area contributed by atoms with Crippen molar-refractivity contribution in [2.24, 2.45) is 0 Å². The van der Waals surface area contributed by atoms with Gasteiger partial charge in [0.2, 0.25) is 0 Å². The van der Waals surface area contributed by atoms with Crippen LogP contribution in [0.4, 0.5) is 5.69 Å². The summed E-state index contributed by atoms with van der Waals surface area (Å²) < 4.78 is 38.8. The molecule has 0 spiro atoms. The van der Waals surface area contributed by atoms with Gasteiger partial charge in [-0.15, -0.1) is 0 Å². The minimum absolute atomic E-state index is 0.00754. The monoisotopic (exact) mass is 383 g/mol. The van der Waals surface area contributed by atoms with Crippen LogP contribution in [0.3, 0.4) is 0 Å². The van der Waals surface area contributed by atoms with Crippen LogP contribution < -0.4 is 9.46 Å². The summed E-state index contributed by atoms with van der Waals surface area (Å²) in [6.07, 6.45) is 0. The van der Waals surface area contributed by atoms with Gasteiger partial charge >= 0.3 is 0 Å². The van der Waals surface area contributed by atoms with E-state index in [2.05, 4.69) is 9.88 Å². The molecule has 2 aromatic carbocycles. The molecule has 0 aliphatic carbocycles. The van der Waals surface area contributed by atoms with Crippen LogP contribution in [0.5, 0.6) is 5.75 Å². The van der Waals surface area contributed by atoms with Crippen LogP contribution in [0.25, 0.3) is 11.1 Å². The fourth-order valence-electron chi connectivity index (χ4n) is 2.76. The van der Waals surface area contributed by atoms with Gasteiger partial charge in [-0.3, -0.25) is 4.72 Å². The van der Waals surface area contributed by atoms with Crippen LogP contribution in [-0.4, -0.2) is 20.7 Å². The average molecular weight is 383 g/mol. The highest BCUT2D eigenvalue weighted by atomic mass is 32.2. The summed E-state index contributed by atoms with van der Waals surface area (Å²) >= 11 is 0. The third-order valence-electron chi connectivity index (χ3n) is 4.04. The predicted octanol–water partition coefficient (Wildman–Crippen LogP) is 3.64. The van der Waals surface area contributed by atoms with E-state index in [0.29, 0.717) is 28.3 Å². The summed E-state index contributed by atoms with van der Waals surface area (Å²) in [5, 5.41) is 12.8. The first kappa shape index (κ1) is 18.5. The van der Waals surface area contributed by atoms with Crippen LogP contribution in [-0.2, 0) is 10.0 Å². The smallest absolute Gasteiger partial charge is 0.265 e. The Balaban J connectivity index is 2.05. The van der Waals surface area contributed by atoms with Gasteiger partial charge in [-0.2, -0.15) is 5.26 Å². The molecule has 0 saturated carbocycles. The maximum atomic E-state index is 12.9. The van der Waals surface area contributed by atoms with E-state index in [9.17, 15) is 8.42 Å². The summed E-state index contributed by atoms with van der Waals surface area (Å²) in [5.74, 6) is 0.813. The Labute approximate surface area is 157 Å². The standard InChI is InChI=1S/C19H17N3O4S/c1-12-19(13(2)26-21-12)15-6-9-17(25-3)18(10-15)27(23,24)22-16-7-4-14(11-20)5-8-16/h4-10,22H,1-3H3.